The predicted molar refractivity (Wildman–Crippen MR) is 99.8 cm³/mol. The van der Waals surface area contributed by atoms with Gasteiger partial charge in [-0.2, -0.15) is 4.98 Å². The van der Waals surface area contributed by atoms with Gasteiger partial charge in [-0.05, 0) is 24.1 Å². The maximum atomic E-state index is 9.76. The van der Waals surface area contributed by atoms with Gasteiger partial charge in [-0.25, -0.2) is 9.97 Å². The molecule has 3 atom stereocenters. The van der Waals surface area contributed by atoms with E-state index in [9.17, 15) is 5.11 Å². The number of aromatic hydroxyl groups is 1. The first-order valence-electron chi connectivity index (χ1n) is 7.61. The Hall–Kier alpha value is -0.380. The van der Waals surface area contributed by atoms with Crippen LogP contribution in [0.5, 0.6) is 5.88 Å². The number of imidazole rings is 1. The highest BCUT2D eigenvalue weighted by Gasteiger charge is 2.36. The Labute approximate surface area is 152 Å². The van der Waals surface area contributed by atoms with Crippen LogP contribution in [0.3, 0.4) is 0 Å². The second-order valence-electron chi connectivity index (χ2n) is 5.77. The summed E-state index contributed by atoms with van der Waals surface area (Å²) in [6.45, 7) is 2.69. The quantitative estimate of drug-likeness (QED) is 0.773. The van der Waals surface area contributed by atoms with Gasteiger partial charge in [0.1, 0.15) is 12.6 Å². The van der Waals surface area contributed by atoms with Crippen molar-refractivity contribution in [1.29, 1.82) is 0 Å². The summed E-state index contributed by atoms with van der Waals surface area (Å²) in [5, 5.41) is 9.76. The van der Waals surface area contributed by atoms with Crippen molar-refractivity contribution in [2.24, 2.45) is 5.92 Å². The van der Waals surface area contributed by atoms with Crippen LogP contribution in [0.2, 0.25) is 0 Å². The van der Waals surface area contributed by atoms with Crippen LogP contribution in [0.4, 0.5) is 0 Å². The summed E-state index contributed by atoms with van der Waals surface area (Å²) in [5.41, 5.74) is 0.970. The predicted octanol–water partition coefficient (Wildman–Crippen LogP) is 3.18. The molecule has 0 unspecified atom stereocenters. The molecule has 24 heavy (non-hydrogen) atoms. The molecule has 2 aromatic heterocycles. The molecule has 2 aliphatic heterocycles. The Morgan fingerprint density at radius 2 is 2.21 bits per heavy atom. The summed E-state index contributed by atoms with van der Waals surface area (Å²) in [6.07, 6.45) is 3.65. The maximum absolute atomic E-state index is 9.76. The normalized spacial score (nSPS) is 29.5. The highest BCUT2D eigenvalue weighted by Crippen LogP contribution is 2.74. The topological polar surface area (TPSA) is 82.3 Å². The lowest BCUT2D eigenvalue weighted by molar-refractivity contribution is -0.0202. The molecule has 2 aliphatic rings. The van der Waals surface area contributed by atoms with Crippen molar-refractivity contribution < 1.29 is 14.4 Å². The minimum Gasteiger partial charge on any atom is -0.492 e. The fraction of sp³-hybridized carbons (Fsp3) is 0.615. The number of nitrogens with zero attached hydrogens (tertiary/aromatic N) is 4. The summed E-state index contributed by atoms with van der Waals surface area (Å²) in [4.78, 5) is 12.2. The molecule has 2 aromatic rings. The van der Waals surface area contributed by atoms with Gasteiger partial charge in [-0.3, -0.25) is 4.57 Å². The number of rotatable bonds is 4. The van der Waals surface area contributed by atoms with E-state index >= 15 is 0 Å². The number of hydrogen-bond acceptors (Lipinski definition) is 9. The van der Waals surface area contributed by atoms with E-state index in [1.807, 2.05) is 4.57 Å². The largest absolute Gasteiger partial charge is 0.492 e. The molecule has 4 rings (SSSR count). The molecule has 0 aliphatic carbocycles. The molecule has 2 saturated heterocycles. The maximum Gasteiger partial charge on any atom is 0.242 e. The minimum atomic E-state index is -1.76. The average molecular weight is 404 g/mol. The average Bonchev–Trinajstić information content (AvgIpc) is 3.25. The van der Waals surface area contributed by atoms with Gasteiger partial charge in [-0.1, -0.05) is 29.7 Å². The molecule has 2 fully saturated rings. The van der Waals surface area contributed by atoms with Crippen LogP contribution in [0, 0.1) is 5.92 Å². The van der Waals surface area contributed by atoms with Crippen LogP contribution in [0.15, 0.2) is 12.7 Å². The van der Waals surface area contributed by atoms with Crippen LogP contribution in [-0.2, 0) is 21.1 Å². The smallest absolute Gasteiger partial charge is 0.242 e. The zero-order valence-electron chi connectivity index (χ0n) is 12.9. The Kier molecular flexibility index (Phi) is 4.79. The monoisotopic (exact) mass is 404 g/mol. The first-order chi connectivity index (χ1) is 11.6. The first kappa shape index (κ1) is 17.1. The third-order valence-corrected chi connectivity index (χ3v) is 14.0. The van der Waals surface area contributed by atoms with E-state index in [4.69, 9.17) is 21.1 Å². The zero-order valence-corrected chi connectivity index (χ0v) is 16.3. The lowest BCUT2D eigenvalue weighted by Gasteiger charge is -2.20. The standard InChI is InChI=1S/C13H17N4O3PS3/c1-8-4-10(17-7-16-11-12(17)14-6-15-13(11)18)20-9(8)5-19-21(22)23-2-3-24-21/h6-10H,2-5H2,1H3,(H,14,15,18)/t8-,9+,10+/m0/s1. The molecule has 0 amide bonds. The van der Waals surface area contributed by atoms with Crippen LogP contribution in [0.25, 0.3) is 11.2 Å². The SMILES string of the molecule is C[C@H]1C[C@H](n2cnc3c(O)ncnc32)O[C@@H]1COP1(=S)SCCS1. The van der Waals surface area contributed by atoms with E-state index in [0.29, 0.717) is 23.7 Å². The van der Waals surface area contributed by atoms with Crippen molar-refractivity contribution in [2.75, 3.05) is 18.1 Å². The lowest BCUT2D eigenvalue weighted by atomic mass is 10.0. The molecule has 0 radical (unpaired) electrons. The number of aromatic nitrogens is 4. The molecule has 0 spiro atoms. The van der Waals surface area contributed by atoms with E-state index in [2.05, 4.69) is 21.9 Å². The Morgan fingerprint density at radius 1 is 1.42 bits per heavy atom. The van der Waals surface area contributed by atoms with E-state index in [1.54, 1.807) is 29.1 Å². The summed E-state index contributed by atoms with van der Waals surface area (Å²) in [5.74, 6) is 2.39. The van der Waals surface area contributed by atoms with Crippen molar-refractivity contribution in [3.8, 4) is 5.88 Å². The van der Waals surface area contributed by atoms with Gasteiger partial charge in [-0.15, -0.1) is 0 Å². The molecule has 1 N–H and O–H groups in total. The molecule has 130 valence electrons. The Balaban J connectivity index is 1.48. The van der Waals surface area contributed by atoms with Gasteiger partial charge >= 0.3 is 0 Å². The van der Waals surface area contributed by atoms with Crippen molar-refractivity contribution in [1.82, 2.24) is 19.5 Å². The van der Waals surface area contributed by atoms with Gasteiger partial charge in [0.2, 0.25) is 5.88 Å². The molecule has 0 bridgehead atoms. The van der Waals surface area contributed by atoms with Crippen molar-refractivity contribution >= 4 is 50.4 Å². The molecule has 7 nitrogen and oxygen atoms in total. The van der Waals surface area contributed by atoms with Crippen molar-refractivity contribution in [3.63, 3.8) is 0 Å². The van der Waals surface area contributed by atoms with Crippen LogP contribution in [0.1, 0.15) is 19.6 Å². The van der Waals surface area contributed by atoms with Crippen LogP contribution in [-0.4, -0.2) is 48.8 Å². The highest BCUT2D eigenvalue weighted by molar-refractivity contribution is 9.00. The van der Waals surface area contributed by atoms with Crippen molar-refractivity contribution in [3.05, 3.63) is 12.7 Å². The Bertz CT molecular complexity index is 794. The summed E-state index contributed by atoms with van der Waals surface area (Å²) >= 11 is 9.19. The first-order valence-corrected chi connectivity index (χ1v) is 13.5. The minimum absolute atomic E-state index is 0.00418. The van der Waals surface area contributed by atoms with Crippen LogP contribution >= 0.6 is 27.4 Å². The van der Waals surface area contributed by atoms with E-state index in [0.717, 1.165) is 17.9 Å². The van der Waals surface area contributed by atoms with E-state index in [1.165, 1.54) is 6.33 Å². The van der Waals surface area contributed by atoms with Gasteiger partial charge in [0.05, 0.1) is 19.0 Å². The zero-order chi connectivity index (χ0) is 16.7. The fourth-order valence-electron chi connectivity index (χ4n) is 2.87. The van der Waals surface area contributed by atoms with Crippen LogP contribution < -0.4 is 0 Å². The van der Waals surface area contributed by atoms with Gasteiger partial charge < -0.3 is 14.4 Å². The molecule has 0 aromatic carbocycles. The van der Waals surface area contributed by atoms with Gasteiger partial charge in [0.15, 0.2) is 15.8 Å². The second-order valence-corrected chi connectivity index (χ2v) is 16.5. The molecule has 0 saturated carbocycles. The third kappa shape index (κ3) is 3.20. The van der Waals surface area contributed by atoms with E-state index in [-0.39, 0.29) is 18.2 Å². The third-order valence-electron chi connectivity index (χ3n) is 4.17. The van der Waals surface area contributed by atoms with Gasteiger partial charge in [0, 0.05) is 11.5 Å². The van der Waals surface area contributed by atoms with E-state index < -0.39 is 4.67 Å². The van der Waals surface area contributed by atoms with Gasteiger partial charge in [0.25, 0.3) is 0 Å². The summed E-state index contributed by atoms with van der Waals surface area (Å²) in [7, 11) is 0. The lowest BCUT2D eigenvalue weighted by Crippen LogP contribution is -2.20. The molecular formula is C13H17N4O3PS3. The number of fused-ring (bicyclic) bond motifs is 1. The summed E-state index contributed by atoms with van der Waals surface area (Å²) in [6, 6.07) is 0. The fourth-order valence-corrected chi connectivity index (χ4v) is 11.7. The molecule has 4 heterocycles. The molecular weight excluding hydrogens is 387 g/mol. The summed E-state index contributed by atoms with van der Waals surface area (Å²) < 4.78 is 12.3. The second kappa shape index (κ2) is 6.74. The number of hydrogen-bond donors (Lipinski definition) is 1. The van der Waals surface area contributed by atoms with Crippen molar-refractivity contribution in [2.45, 2.75) is 25.7 Å². The number of ether oxygens (including phenoxy) is 1. The Morgan fingerprint density at radius 3 is 3.00 bits per heavy atom. The molecule has 11 heteroatoms. The highest BCUT2D eigenvalue weighted by atomic mass is 33.2.